The van der Waals surface area contributed by atoms with E-state index in [1.165, 1.54) is 17.5 Å². The van der Waals surface area contributed by atoms with Gasteiger partial charge in [-0.05, 0) is 50.7 Å². The van der Waals surface area contributed by atoms with Crippen LogP contribution in [0.1, 0.15) is 49.8 Å². The molecule has 0 saturated carbocycles. The lowest BCUT2D eigenvalue weighted by atomic mass is 9.91. The van der Waals surface area contributed by atoms with Crippen LogP contribution in [0.2, 0.25) is 0 Å². The molecule has 2 amide bonds. The molecule has 2 atom stereocenters. The Hall–Kier alpha value is -2.13. The van der Waals surface area contributed by atoms with Gasteiger partial charge in [-0.1, -0.05) is 6.92 Å². The van der Waals surface area contributed by atoms with Gasteiger partial charge in [0.1, 0.15) is 4.88 Å². The van der Waals surface area contributed by atoms with E-state index in [0.717, 1.165) is 29.2 Å². The Morgan fingerprint density at radius 2 is 1.93 bits per heavy atom. The first kappa shape index (κ1) is 21.1. The molecule has 2 aliphatic rings. The fourth-order valence-electron chi connectivity index (χ4n) is 4.35. The second-order valence-corrected chi connectivity index (χ2v) is 11.7. The van der Waals surface area contributed by atoms with Crippen LogP contribution in [0.5, 0.6) is 0 Å². The second-order valence-electron chi connectivity index (χ2n) is 8.24. The third kappa shape index (κ3) is 4.32. The zero-order chi connectivity index (χ0) is 21.5. The minimum atomic E-state index is -2.63. The Kier molecular flexibility index (Phi) is 5.76. The molecule has 30 heavy (non-hydrogen) atoms. The van der Waals surface area contributed by atoms with Gasteiger partial charge >= 0.3 is 0 Å². The number of aryl methyl sites for hydroxylation is 3. The van der Waals surface area contributed by atoms with Gasteiger partial charge in [0.2, 0.25) is 0 Å². The molecule has 2 aromatic rings. The molecule has 0 radical (unpaired) electrons. The molecular weight excluding hydrogens is 420 g/mol. The Bertz CT molecular complexity index is 1080. The summed E-state index contributed by atoms with van der Waals surface area (Å²) in [5.41, 5.74) is 1.96. The minimum absolute atomic E-state index is 0.0199. The molecule has 7 nitrogen and oxygen atoms in total. The van der Waals surface area contributed by atoms with Crippen LogP contribution in [0.4, 0.5) is 0 Å². The fourth-order valence-corrected chi connectivity index (χ4v) is 7.97. The van der Waals surface area contributed by atoms with E-state index in [4.69, 9.17) is 0 Å². The van der Waals surface area contributed by atoms with Crippen molar-refractivity contribution in [2.45, 2.75) is 33.6 Å². The van der Waals surface area contributed by atoms with Gasteiger partial charge in [-0.2, -0.15) is 4.36 Å². The van der Waals surface area contributed by atoms with E-state index >= 15 is 0 Å². The molecule has 2 aliphatic heterocycles. The Morgan fingerprint density at radius 3 is 2.50 bits per heavy atom. The molecular formula is C21H26N4O3S2. The molecule has 0 N–H and O–H groups in total. The van der Waals surface area contributed by atoms with Crippen molar-refractivity contribution in [2.24, 2.45) is 16.2 Å². The number of thiazole rings is 1. The molecule has 9 heteroatoms. The Labute approximate surface area is 181 Å². The predicted octanol–water partition coefficient (Wildman–Crippen LogP) is 3.12. The number of carbonyl (C=O) groups is 2. The van der Waals surface area contributed by atoms with Gasteiger partial charge in [0.05, 0.1) is 26.0 Å². The zero-order valence-corrected chi connectivity index (χ0v) is 19.1. The van der Waals surface area contributed by atoms with Crippen LogP contribution in [0, 0.1) is 25.7 Å². The van der Waals surface area contributed by atoms with Crippen LogP contribution in [0.3, 0.4) is 0 Å². The highest BCUT2D eigenvalue weighted by Crippen LogP contribution is 2.33. The smallest absolute Gasteiger partial charge is 0.286 e. The molecule has 2 aromatic heterocycles. The standard InChI is InChI=1S/C21H26N4O3S2/c1-4-18-23-14(3)19(29-18)21(27)25-9-15-7-16(10-25)12-30(28,11-15)24-20(26)17-6-5-13(2)22-8-17/h5-6,8,15-16H,4,7,9-12H2,1-3H3. The van der Waals surface area contributed by atoms with Crippen molar-refractivity contribution >= 4 is 32.9 Å². The quantitative estimate of drug-likeness (QED) is 0.722. The van der Waals surface area contributed by atoms with Crippen LogP contribution in [0.15, 0.2) is 22.7 Å². The Morgan fingerprint density at radius 1 is 1.23 bits per heavy atom. The number of rotatable bonds is 3. The molecule has 0 aromatic carbocycles. The second kappa shape index (κ2) is 8.19. The van der Waals surface area contributed by atoms with Crippen LogP contribution >= 0.6 is 11.3 Å². The maximum atomic E-state index is 13.4. The summed E-state index contributed by atoms with van der Waals surface area (Å²) < 4.78 is 17.5. The number of piperidine rings is 1. The maximum Gasteiger partial charge on any atom is 0.286 e. The van der Waals surface area contributed by atoms with Gasteiger partial charge in [0, 0.05) is 36.5 Å². The first-order valence-corrected chi connectivity index (χ1v) is 12.9. The highest BCUT2D eigenvalue weighted by molar-refractivity contribution is 7.94. The minimum Gasteiger partial charge on any atom is -0.337 e. The van der Waals surface area contributed by atoms with Gasteiger partial charge < -0.3 is 4.90 Å². The molecule has 2 bridgehead atoms. The number of fused-ring (bicyclic) bond motifs is 2. The molecule has 2 saturated heterocycles. The monoisotopic (exact) mass is 446 g/mol. The van der Waals surface area contributed by atoms with Crippen LogP contribution in [0.25, 0.3) is 0 Å². The topological polar surface area (TPSA) is 92.6 Å². The molecule has 4 heterocycles. The Balaban J connectivity index is 1.50. The molecule has 0 spiro atoms. The molecule has 160 valence electrons. The summed E-state index contributed by atoms with van der Waals surface area (Å²) in [4.78, 5) is 36.8. The summed E-state index contributed by atoms with van der Waals surface area (Å²) in [6, 6.07) is 3.42. The third-order valence-corrected chi connectivity index (χ3v) is 9.42. The van der Waals surface area contributed by atoms with Crippen molar-refractivity contribution in [3.63, 3.8) is 0 Å². The maximum absolute atomic E-state index is 13.4. The number of hydrogen-bond donors (Lipinski definition) is 0. The van der Waals surface area contributed by atoms with Gasteiger partial charge in [0.25, 0.3) is 11.8 Å². The van der Waals surface area contributed by atoms with Crippen molar-refractivity contribution in [2.75, 3.05) is 24.6 Å². The van der Waals surface area contributed by atoms with Gasteiger partial charge in [0.15, 0.2) is 0 Å². The SMILES string of the molecule is CCc1nc(C)c(C(=O)N2CC3CC(C2)CS(=O)(=NC(=O)c2ccc(C)nc2)C3)s1. The number of amides is 2. The van der Waals surface area contributed by atoms with Crippen molar-refractivity contribution < 1.29 is 13.8 Å². The lowest BCUT2D eigenvalue weighted by molar-refractivity contribution is 0.0622. The van der Waals surface area contributed by atoms with E-state index < -0.39 is 15.6 Å². The number of pyridine rings is 1. The highest BCUT2D eigenvalue weighted by atomic mass is 32.2. The molecule has 2 fully saturated rings. The van der Waals surface area contributed by atoms with E-state index in [1.807, 2.05) is 25.7 Å². The first-order chi connectivity index (χ1) is 14.3. The van der Waals surface area contributed by atoms with Crippen LogP contribution in [-0.2, 0) is 16.1 Å². The number of carbonyl (C=O) groups excluding carboxylic acids is 2. The summed E-state index contributed by atoms with van der Waals surface area (Å²) in [7, 11) is -2.63. The molecule has 2 unspecified atom stereocenters. The van der Waals surface area contributed by atoms with Gasteiger partial charge in [-0.3, -0.25) is 14.6 Å². The van der Waals surface area contributed by atoms with Crippen LogP contribution < -0.4 is 0 Å². The van der Waals surface area contributed by atoms with Gasteiger partial charge in [-0.25, -0.2) is 9.19 Å². The number of aromatic nitrogens is 2. The summed E-state index contributed by atoms with van der Waals surface area (Å²) in [6.07, 6.45) is 3.23. The van der Waals surface area contributed by atoms with Crippen molar-refractivity contribution in [1.29, 1.82) is 0 Å². The zero-order valence-electron chi connectivity index (χ0n) is 17.5. The lowest BCUT2D eigenvalue weighted by Gasteiger charge is -2.42. The average Bonchev–Trinajstić information content (AvgIpc) is 3.07. The van der Waals surface area contributed by atoms with Crippen molar-refractivity contribution in [3.8, 4) is 0 Å². The largest absolute Gasteiger partial charge is 0.337 e. The third-order valence-electron chi connectivity index (χ3n) is 5.65. The van der Waals surface area contributed by atoms with E-state index in [1.54, 1.807) is 12.1 Å². The predicted molar refractivity (Wildman–Crippen MR) is 117 cm³/mol. The summed E-state index contributed by atoms with van der Waals surface area (Å²) in [6.45, 7) is 6.87. The lowest BCUT2D eigenvalue weighted by Crippen LogP contribution is -2.50. The fraction of sp³-hybridized carbons (Fsp3) is 0.524. The average molecular weight is 447 g/mol. The highest BCUT2D eigenvalue weighted by Gasteiger charge is 2.39. The summed E-state index contributed by atoms with van der Waals surface area (Å²) in [5.74, 6) is 0.473. The van der Waals surface area contributed by atoms with E-state index in [2.05, 4.69) is 14.3 Å². The molecule has 4 rings (SSSR count). The summed E-state index contributed by atoms with van der Waals surface area (Å²) in [5, 5.41) is 0.971. The van der Waals surface area contributed by atoms with Crippen LogP contribution in [-0.4, -0.2) is 55.5 Å². The number of nitrogens with zero attached hydrogens (tertiary/aromatic N) is 4. The van der Waals surface area contributed by atoms with E-state index in [-0.39, 0.29) is 17.7 Å². The van der Waals surface area contributed by atoms with E-state index in [0.29, 0.717) is 35.0 Å². The normalized spacial score (nSPS) is 25.8. The van der Waals surface area contributed by atoms with Crippen molar-refractivity contribution in [3.05, 3.63) is 45.2 Å². The number of hydrogen-bond acceptors (Lipinski definition) is 6. The molecule has 0 aliphatic carbocycles. The van der Waals surface area contributed by atoms with Crippen molar-refractivity contribution in [1.82, 2.24) is 14.9 Å². The number of likely N-dealkylation sites (tertiary alicyclic amines) is 1. The summed E-state index contributed by atoms with van der Waals surface area (Å²) >= 11 is 1.47. The van der Waals surface area contributed by atoms with Gasteiger partial charge in [-0.15, -0.1) is 11.3 Å². The van der Waals surface area contributed by atoms with E-state index in [9.17, 15) is 13.8 Å². The first-order valence-electron chi connectivity index (χ1n) is 10.2.